The van der Waals surface area contributed by atoms with Gasteiger partial charge in [0.1, 0.15) is 6.04 Å². The van der Waals surface area contributed by atoms with Gasteiger partial charge in [0.15, 0.2) is 0 Å². The second-order valence-corrected chi connectivity index (χ2v) is 4.45. The van der Waals surface area contributed by atoms with Crippen LogP contribution in [0.2, 0.25) is 0 Å². The number of carboxylic acid groups (broad SMARTS) is 1. The molecule has 0 unspecified atom stereocenters. The van der Waals surface area contributed by atoms with Gasteiger partial charge in [0.2, 0.25) is 5.91 Å². The van der Waals surface area contributed by atoms with Gasteiger partial charge in [0.05, 0.1) is 11.8 Å². The third-order valence-electron chi connectivity index (χ3n) is 3.10. The van der Waals surface area contributed by atoms with Crippen molar-refractivity contribution in [2.45, 2.75) is 18.6 Å². The Hall–Kier alpha value is -2.15. The number of rotatable bonds is 3. The van der Waals surface area contributed by atoms with Crippen molar-refractivity contribution in [1.82, 2.24) is 14.7 Å². The van der Waals surface area contributed by atoms with Crippen molar-refractivity contribution in [1.29, 1.82) is 0 Å². The molecule has 7 heteroatoms. The third-order valence-corrected chi connectivity index (χ3v) is 3.10. The number of carbonyl (C=O) groups is 2. The minimum atomic E-state index is -1.10. The second kappa shape index (κ2) is 5.23. The van der Waals surface area contributed by atoms with Gasteiger partial charge in [-0.1, -0.05) is 0 Å². The fourth-order valence-corrected chi connectivity index (χ4v) is 2.09. The van der Waals surface area contributed by atoms with E-state index in [2.05, 4.69) is 5.10 Å². The summed E-state index contributed by atoms with van der Waals surface area (Å²) in [4.78, 5) is 24.1. The van der Waals surface area contributed by atoms with Gasteiger partial charge in [-0.15, -0.1) is 0 Å². The predicted octanol–water partition coefficient (Wildman–Crippen LogP) is -0.520. The molecule has 1 fully saturated rings. The summed E-state index contributed by atoms with van der Waals surface area (Å²) in [7, 11) is 1.74. The van der Waals surface area contributed by atoms with Crippen molar-refractivity contribution in [3.63, 3.8) is 0 Å². The number of aromatic nitrogens is 2. The Balaban J connectivity index is 2.09. The molecule has 0 aromatic carbocycles. The molecule has 1 amide bonds. The monoisotopic (exact) mass is 265 g/mol. The summed E-state index contributed by atoms with van der Waals surface area (Å²) < 4.78 is 1.59. The molecule has 2 heterocycles. The van der Waals surface area contributed by atoms with E-state index >= 15 is 0 Å². The van der Waals surface area contributed by atoms with E-state index < -0.39 is 24.0 Å². The Kier molecular flexibility index (Phi) is 3.66. The maximum atomic E-state index is 11.9. The molecule has 7 nitrogen and oxygen atoms in total. The molecule has 102 valence electrons. The number of likely N-dealkylation sites (tertiary alicyclic amines) is 1. The van der Waals surface area contributed by atoms with Crippen LogP contribution in [-0.2, 0) is 16.6 Å². The van der Waals surface area contributed by atoms with E-state index in [-0.39, 0.29) is 13.0 Å². The Morgan fingerprint density at radius 2 is 2.26 bits per heavy atom. The highest BCUT2D eigenvalue weighted by molar-refractivity contribution is 5.94. The fraction of sp³-hybridized carbons (Fsp3) is 0.417. The number of aliphatic hydroxyl groups excluding tert-OH is 1. The average molecular weight is 265 g/mol. The molecule has 1 aromatic rings. The summed E-state index contributed by atoms with van der Waals surface area (Å²) in [6, 6.07) is 0.774. The third kappa shape index (κ3) is 2.82. The molecule has 1 aliphatic rings. The number of aliphatic carboxylic acids is 1. The zero-order valence-corrected chi connectivity index (χ0v) is 10.4. The molecule has 0 bridgehead atoms. The van der Waals surface area contributed by atoms with Gasteiger partial charge >= 0.3 is 5.97 Å². The van der Waals surface area contributed by atoms with Gasteiger partial charge in [-0.25, -0.2) is 4.79 Å². The van der Waals surface area contributed by atoms with E-state index in [0.717, 1.165) is 5.69 Å². The molecule has 19 heavy (non-hydrogen) atoms. The quantitative estimate of drug-likeness (QED) is 0.717. The van der Waals surface area contributed by atoms with E-state index in [1.807, 2.05) is 0 Å². The summed E-state index contributed by atoms with van der Waals surface area (Å²) in [5.41, 5.74) is 0.736. The van der Waals surface area contributed by atoms with E-state index in [4.69, 9.17) is 5.11 Å². The van der Waals surface area contributed by atoms with Crippen molar-refractivity contribution in [3.05, 3.63) is 24.0 Å². The van der Waals surface area contributed by atoms with Gasteiger partial charge < -0.3 is 15.1 Å². The maximum Gasteiger partial charge on any atom is 0.326 e. The van der Waals surface area contributed by atoms with Gasteiger partial charge in [-0.2, -0.15) is 5.10 Å². The molecule has 2 atom stereocenters. The summed E-state index contributed by atoms with van der Waals surface area (Å²) in [5, 5.41) is 22.4. The van der Waals surface area contributed by atoms with E-state index in [0.29, 0.717) is 0 Å². The lowest BCUT2D eigenvalue weighted by atomic mass is 10.2. The average Bonchev–Trinajstić information content (AvgIpc) is 2.92. The van der Waals surface area contributed by atoms with Gasteiger partial charge in [0, 0.05) is 32.3 Å². The summed E-state index contributed by atoms with van der Waals surface area (Å²) in [6.07, 6.45) is 3.75. The SMILES string of the molecule is Cn1nccc1C=CC(=O)N1C[C@@H](O)C[C@H]1C(=O)O. The topological polar surface area (TPSA) is 95.7 Å². The molecule has 0 radical (unpaired) electrons. The van der Waals surface area contributed by atoms with Crippen LogP contribution in [0.15, 0.2) is 18.3 Å². The van der Waals surface area contributed by atoms with Crippen molar-refractivity contribution in [3.8, 4) is 0 Å². The normalized spacial score (nSPS) is 23.2. The zero-order chi connectivity index (χ0) is 14.0. The lowest BCUT2D eigenvalue weighted by Gasteiger charge is -2.19. The molecule has 0 aliphatic carbocycles. The highest BCUT2D eigenvalue weighted by Gasteiger charge is 2.37. The summed E-state index contributed by atoms with van der Waals surface area (Å²) in [5.74, 6) is -1.52. The number of aliphatic hydroxyl groups is 1. The van der Waals surface area contributed by atoms with Crippen LogP contribution in [0.25, 0.3) is 6.08 Å². The van der Waals surface area contributed by atoms with Gasteiger partial charge in [-0.05, 0) is 12.1 Å². The molecule has 0 spiro atoms. The summed E-state index contributed by atoms with van der Waals surface area (Å²) >= 11 is 0. The van der Waals surface area contributed by atoms with Crippen LogP contribution in [0.1, 0.15) is 12.1 Å². The van der Waals surface area contributed by atoms with Gasteiger partial charge in [-0.3, -0.25) is 9.48 Å². The molecular weight excluding hydrogens is 250 g/mol. The molecule has 0 saturated carbocycles. The van der Waals surface area contributed by atoms with Crippen molar-refractivity contribution < 1.29 is 19.8 Å². The van der Waals surface area contributed by atoms with E-state index in [1.165, 1.54) is 11.0 Å². The number of amides is 1. The zero-order valence-electron chi connectivity index (χ0n) is 10.4. The number of β-amino-alcohol motifs (C(OH)–C–C–N with tert-alkyl or cyclic N) is 1. The highest BCUT2D eigenvalue weighted by atomic mass is 16.4. The Morgan fingerprint density at radius 1 is 1.53 bits per heavy atom. The number of hydrogen-bond acceptors (Lipinski definition) is 4. The van der Waals surface area contributed by atoms with Crippen molar-refractivity contribution in [2.24, 2.45) is 7.05 Å². The molecule has 1 aromatic heterocycles. The first-order valence-corrected chi connectivity index (χ1v) is 5.86. The summed E-state index contributed by atoms with van der Waals surface area (Å²) in [6.45, 7) is 0.0471. The number of aryl methyl sites for hydroxylation is 1. The van der Waals surface area contributed by atoms with Crippen LogP contribution in [0.4, 0.5) is 0 Å². The second-order valence-electron chi connectivity index (χ2n) is 4.45. The number of carbonyl (C=O) groups excluding carboxylic acids is 1. The van der Waals surface area contributed by atoms with Crippen LogP contribution in [-0.4, -0.2) is 55.5 Å². The maximum absolute atomic E-state index is 11.9. The minimum Gasteiger partial charge on any atom is -0.480 e. The van der Waals surface area contributed by atoms with Gasteiger partial charge in [0.25, 0.3) is 0 Å². The van der Waals surface area contributed by atoms with Crippen molar-refractivity contribution >= 4 is 18.0 Å². The fourth-order valence-electron chi connectivity index (χ4n) is 2.09. The first-order valence-electron chi connectivity index (χ1n) is 5.86. The number of carboxylic acids is 1. The largest absolute Gasteiger partial charge is 0.480 e. The van der Waals surface area contributed by atoms with Crippen LogP contribution in [0, 0.1) is 0 Å². The molecule has 2 rings (SSSR count). The Morgan fingerprint density at radius 3 is 2.84 bits per heavy atom. The molecular formula is C12H15N3O4. The standard InChI is InChI=1S/C12H15N3O4/c1-14-8(4-5-13-14)2-3-11(17)15-7-9(16)6-10(15)12(18)19/h2-5,9-10,16H,6-7H2,1H3,(H,18,19)/t9-,10-/m0/s1. The molecule has 2 N–H and O–H groups in total. The lowest BCUT2D eigenvalue weighted by Crippen LogP contribution is -2.39. The molecule has 1 saturated heterocycles. The highest BCUT2D eigenvalue weighted by Crippen LogP contribution is 2.18. The van der Waals surface area contributed by atoms with Crippen LogP contribution < -0.4 is 0 Å². The minimum absolute atomic E-state index is 0.0471. The Labute approximate surface area is 109 Å². The number of hydrogen-bond donors (Lipinski definition) is 2. The first-order chi connectivity index (χ1) is 8.99. The van der Waals surface area contributed by atoms with E-state index in [1.54, 1.807) is 30.1 Å². The van der Waals surface area contributed by atoms with Crippen LogP contribution in [0.3, 0.4) is 0 Å². The van der Waals surface area contributed by atoms with Crippen molar-refractivity contribution in [2.75, 3.05) is 6.54 Å². The smallest absolute Gasteiger partial charge is 0.326 e. The first kappa shape index (κ1) is 13.3. The van der Waals surface area contributed by atoms with E-state index in [9.17, 15) is 14.7 Å². The predicted molar refractivity (Wildman–Crippen MR) is 66.0 cm³/mol. The number of nitrogens with zero attached hydrogens (tertiary/aromatic N) is 3. The lowest BCUT2D eigenvalue weighted by molar-refractivity contribution is -0.146. The Bertz CT molecular complexity index is 523. The molecule has 1 aliphatic heterocycles. The van der Waals surface area contributed by atoms with Crippen LogP contribution >= 0.6 is 0 Å². The van der Waals surface area contributed by atoms with Crippen LogP contribution in [0.5, 0.6) is 0 Å².